The van der Waals surface area contributed by atoms with Crippen molar-refractivity contribution < 1.29 is 9.90 Å². The van der Waals surface area contributed by atoms with E-state index < -0.39 is 6.10 Å². The molecule has 0 saturated carbocycles. The zero-order valence-corrected chi connectivity index (χ0v) is 14.5. The van der Waals surface area contributed by atoms with Gasteiger partial charge in [0.1, 0.15) is 6.54 Å². The number of carbonyl (C=O) groups is 1. The van der Waals surface area contributed by atoms with Crippen LogP contribution >= 0.6 is 11.3 Å². The summed E-state index contributed by atoms with van der Waals surface area (Å²) in [4.78, 5) is 27.3. The van der Waals surface area contributed by atoms with Crippen molar-refractivity contribution >= 4 is 17.2 Å². The first-order valence-electron chi connectivity index (χ1n) is 8.22. The number of nitrogens with zero attached hydrogens (tertiary/aromatic N) is 2. The van der Waals surface area contributed by atoms with Crippen molar-refractivity contribution in [2.45, 2.75) is 44.9 Å². The van der Waals surface area contributed by atoms with Gasteiger partial charge in [-0.2, -0.15) is 0 Å². The van der Waals surface area contributed by atoms with Crippen molar-refractivity contribution in [3.05, 3.63) is 56.6 Å². The highest BCUT2D eigenvalue weighted by molar-refractivity contribution is 7.10. The van der Waals surface area contributed by atoms with E-state index in [0.717, 1.165) is 23.3 Å². The number of likely N-dealkylation sites (tertiary alicyclic amines) is 1. The average Bonchev–Trinajstić information content (AvgIpc) is 3.21. The van der Waals surface area contributed by atoms with E-state index in [1.165, 1.54) is 22.0 Å². The van der Waals surface area contributed by atoms with Gasteiger partial charge in [-0.25, -0.2) is 0 Å². The summed E-state index contributed by atoms with van der Waals surface area (Å²) in [6.07, 6.45) is 3.52. The van der Waals surface area contributed by atoms with Gasteiger partial charge in [0, 0.05) is 29.7 Å². The van der Waals surface area contributed by atoms with Gasteiger partial charge in [-0.3, -0.25) is 9.59 Å². The van der Waals surface area contributed by atoms with Gasteiger partial charge in [0.2, 0.25) is 5.91 Å². The molecule has 0 aromatic carbocycles. The fourth-order valence-electron chi connectivity index (χ4n) is 3.24. The zero-order chi connectivity index (χ0) is 17.1. The van der Waals surface area contributed by atoms with Crippen molar-refractivity contribution in [3.63, 3.8) is 0 Å². The quantitative estimate of drug-likeness (QED) is 0.904. The molecule has 1 aliphatic heterocycles. The Bertz CT molecular complexity index is 754. The molecule has 1 saturated heterocycles. The number of aromatic nitrogens is 1. The van der Waals surface area contributed by atoms with Crippen LogP contribution in [0.2, 0.25) is 0 Å². The van der Waals surface area contributed by atoms with E-state index >= 15 is 0 Å². The highest BCUT2D eigenvalue weighted by atomic mass is 32.1. The molecule has 0 spiro atoms. The normalized spacial score (nSPS) is 18.8. The molecule has 3 rings (SSSR count). The molecule has 0 bridgehead atoms. The molecule has 3 heterocycles. The Balaban J connectivity index is 1.66. The lowest BCUT2D eigenvalue weighted by atomic mass is 10.1. The first kappa shape index (κ1) is 16.9. The van der Waals surface area contributed by atoms with E-state index in [4.69, 9.17) is 0 Å². The lowest BCUT2D eigenvalue weighted by Crippen LogP contribution is -2.40. The van der Waals surface area contributed by atoms with Crippen LogP contribution in [0.25, 0.3) is 0 Å². The fraction of sp³-hybridized carbons (Fsp3) is 0.444. The van der Waals surface area contributed by atoms with Gasteiger partial charge in [0.05, 0.1) is 6.10 Å². The summed E-state index contributed by atoms with van der Waals surface area (Å²) >= 11 is 1.53. The number of pyridine rings is 1. The third-order valence-corrected chi connectivity index (χ3v) is 5.50. The molecule has 5 nitrogen and oxygen atoms in total. The van der Waals surface area contributed by atoms with Gasteiger partial charge in [0.25, 0.3) is 5.56 Å². The van der Waals surface area contributed by atoms with E-state index in [2.05, 4.69) is 0 Å². The maximum absolute atomic E-state index is 12.6. The summed E-state index contributed by atoms with van der Waals surface area (Å²) in [6.45, 7) is 2.61. The standard InChI is InChI=1S/C18H22N2O3S/c1-13-6-8-19(17(22)10-13)12-18(23)20-7-2-4-14(20)11-15(21)16-5-3-9-24-16/h3,5-6,8-10,14-15,21H,2,4,7,11-12H2,1H3/t14-,15+/m1/s1. The molecule has 6 heteroatoms. The Morgan fingerprint density at radius 1 is 1.46 bits per heavy atom. The van der Waals surface area contributed by atoms with Crippen molar-refractivity contribution in [3.8, 4) is 0 Å². The van der Waals surface area contributed by atoms with Crippen LogP contribution in [0.3, 0.4) is 0 Å². The minimum Gasteiger partial charge on any atom is -0.387 e. The second kappa shape index (κ2) is 7.32. The van der Waals surface area contributed by atoms with Crippen LogP contribution in [0.4, 0.5) is 0 Å². The molecule has 2 aromatic rings. The molecule has 1 N–H and O–H groups in total. The number of hydrogen-bond donors (Lipinski definition) is 1. The monoisotopic (exact) mass is 346 g/mol. The average molecular weight is 346 g/mol. The number of hydrogen-bond acceptors (Lipinski definition) is 4. The third kappa shape index (κ3) is 3.76. The maximum Gasteiger partial charge on any atom is 0.251 e. The number of aryl methyl sites for hydroxylation is 1. The molecule has 1 amide bonds. The third-order valence-electron chi connectivity index (χ3n) is 4.52. The van der Waals surface area contributed by atoms with E-state index in [1.54, 1.807) is 6.20 Å². The van der Waals surface area contributed by atoms with E-state index in [0.29, 0.717) is 13.0 Å². The van der Waals surface area contributed by atoms with E-state index in [-0.39, 0.29) is 24.1 Å². The number of aliphatic hydroxyl groups is 1. The summed E-state index contributed by atoms with van der Waals surface area (Å²) < 4.78 is 1.44. The molecule has 2 atom stereocenters. The summed E-state index contributed by atoms with van der Waals surface area (Å²) in [5.41, 5.74) is 0.736. The first-order chi connectivity index (χ1) is 11.5. The predicted molar refractivity (Wildman–Crippen MR) is 94.1 cm³/mol. The van der Waals surface area contributed by atoms with E-state index in [1.807, 2.05) is 35.4 Å². The number of thiophene rings is 1. The van der Waals surface area contributed by atoms with Gasteiger partial charge in [0.15, 0.2) is 0 Å². The zero-order valence-electron chi connectivity index (χ0n) is 13.7. The van der Waals surface area contributed by atoms with Gasteiger partial charge in [-0.05, 0) is 49.3 Å². The number of amides is 1. The summed E-state index contributed by atoms with van der Waals surface area (Å²) in [5.74, 6) is -0.0539. The molecule has 0 radical (unpaired) electrons. The summed E-state index contributed by atoms with van der Waals surface area (Å²) in [5, 5.41) is 12.3. The molecule has 1 fully saturated rings. The highest BCUT2D eigenvalue weighted by Crippen LogP contribution is 2.29. The van der Waals surface area contributed by atoms with Crippen LogP contribution in [0.1, 0.15) is 35.8 Å². The molecule has 128 valence electrons. The van der Waals surface area contributed by atoms with Gasteiger partial charge in [-0.1, -0.05) is 6.07 Å². The van der Waals surface area contributed by atoms with Crippen LogP contribution in [-0.2, 0) is 11.3 Å². The predicted octanol–water partition coefficient (Wildman–Crippen LogP) is 2.33. The molecule has 2 aromatic heterocycles. The van der Waals surface area contributed by atoms with Gasteiger partial charge in [-0.15, -0.1) is 11.3 Å². The Labute approximate surface area is 145 Å². The lowest BCUT2D eigenvalue weighted by Gasteiger charge is -2.26. The van der Waals surface area contributed by atoms with Crippen LogP contribution in [0.5, 0.6) is 0 Å². The Hall–Kier alpha value is -1.92. The fourth-order valence-corrected chi connectivity index (χ4v) is 3.96. The molecule has 24 heavy (non-hydrogen) atoms. The smallest absolute Gasteiger partial charge is 0.251 e. The second-order valence-corrected chi connectivity index (χ2v) is 7.30. The lowest BCUT2D eigenvalue weighted by molar-refractivity contribution is -0.133. The van der Waals surface area contributed by atoms with E-state index in [9.17, 15) is 14.7 Å². The molecule has 0 unspecified atom stereocenters. The van der Waals surface area contributed by atoms with Crippen molar-refractivity contribution in [2.75, 3.05) is 6.54 Å². The van der Waals surface area contributed by atoms with Gasteiger partial charge < -0.3 is 14.6 Å². The molecular weight excluding hydrogens is 324 g/mol. The van der Waals surface area contributed by atoms with Crippen LogP contribution < -0.4 is 5.56 Å². The minimum atomic E-state index is -0.537. The Morgan fingerprint density at radius 3 is 3.00 bits per heavy atom. The first-order valence-corrected chi connectivity index (χ1v) is 9.10. The van der Waals surface area contributed by atoms with Crippen LogP contribution in [0.15, 0.2) is 40.6 Å². The minimum absolute atomic E-state index is 0.0377. The second-order valence-electron chi connectivity index (χ2n) is 6.32. The summed E-state index contributed by atoms with van der Waals surface area (Å²) in [7, 11) is 0. The van der Waals surface area contributed by atoms with Gasteiger partial charge >= 0.3 is 0 Å². The van der Waals surface area contributed by atoms with Crippen molar-refractivity contribution in [2.24, 2.45) is 0 Å². The molecule has 0 aliphatic carbocycles. The van der Waals surface area contributed by atoms with Crippen LogP contribution in [0, 0.1) is 6.92 Å². The van der Waals surface area contributed by atoms with Crippen molar-refractivity contribution in [1.82, 2.24) is 9.47 Å². The largest absolute Gasteiger partial charge is 0.387 e. The Morgan fingerprint density at radius 2 is 2.29 bits per heavy atom. The topological polar surface area (TPSA) is 62.5 Å². The molecule has 1 aliphatic rings. The Kier molecular flexibility index (Phi) is 5.16. The van der Waals surface area contributed by atoms with Crippen molar-refractivity contribution in [1.29, 1.82) is 0 Å². The summed E-state index contributed by atoms with van der Waals surface area (Å²) in [6, 6.07) is 7.24. The SMILES string of the molecule is Cc1ccn(CC(=O)N2CCC[C@@H]2C[C@H](O)c2cccs2)c(=O)c1. The number of aliphatic hydroxyl groups excluding tert-OH is 1. The molecular formula is C18H22N2O3S. The highest BCUT2D eigenvalue weighted by Gasteiger charge is 2.30. The number of rotatable bonds is 5. The number of carbonyl (C=O) groups excluding carboxylic acids is 1. The maximum atomic E-state index is 12.6. The van der Waals surface area contributed by atoms with Crippen LogP contribution in [-0.4, -0.2) is 33.1 Å².